The minimum Gasteiger partial charge on any atom is -0.480 e. The van der Waals surface area contributed by atoms with Crippen LogP contribution in [0.4, 0.5) is 4.79 Å². The highest BCUT2D eigenvalue weighted by Crippen LogP contribution is 2.18. The van der Waals surface area contributed by atoms with Crippen molar-refractivity contribution in [3.8, 4) is 0 Å². The van der Waals surface area contributed by atoms with E-state index in [0.717, 1.165) is 19.5 Å². The van der Waals surface area contributed by atoms with Gasteiger partial charge in [0.1, 0.15) is 6.04 Å². The second-order valence-electron chi connectivity index (χ2n) is 5.00. The number of nitrogens with one attached hydrogen (secondary N) is 2. The van der Waals surface area contributed by atoms with Crippen molar-refractivity contribution in [2.75, 3.05) is 26.7 Å². The van der Waals surface area contributed by atoms with E-state index < -0.39 is 18.0 Å². The number of urea groups is 1. The maximum atomic E-state index is 11.4. The van der Waals surface area contributed by atoms with Gasteiger partial charge in [0, 0.05) is 6.54 Å². The number of likely N-dealkylation sites (tertiary alicyclic amines) is 1. The Balaban J connectivity index is 2.10. The number of nitrogens with zero attached hydrogens (tertiary/aromatic N) is 1. The van der Waals surface area contributed by atoms with Crippen molar-refractivity contribution in [1.29, 1.82) is 0 Å². The monoisotopic (exact) mass is 257 g/mol. The van der Waals surface area contributed by atoms with E-state index in [4.69, 9.17) is 5.11 Å². The van der Waals surface area contributed by atoms with Crippen LogP contribution in [0.5, 0.6) is 0 Å². The van der Waals surface area contributed by atoms with Crippen molar-refractivity contribution in [2.24, 2.45) is 5.92 Å². The number of carboxylic acid groups (broad SMARTS) is 1. The lowest BCUT2D eigenvalue weighted by atomic mass is 9.94. The lowest BCUT2D eigenvalue weighted by molar-refractivity contribution is -0.138. The second kappa shape index (κ2) is 7.20. The molecule has 3 N–H and O–H groups in total. The fourth-order valence-corrected chi connectivity index (χ4v) is 2.05. The molecule has 1 saturated heterocycles. The highest BCUT2D eigenvalue weighted by molar-refractivity contribution is 5.82. The zero-order valence-electron chi connectivity index (χ0n) is 11.1. The topological polar surface area (TPSA) is 81.7 Å². The van der Waals surface area contributed by atoms with E-state index in [9.17, 15) is 9.59 Å². The molecular weight excluding hydrogens is 234 g/mol. The van der Waals surface area contributed by atoms with Crippen LogP contribution in [0.1, 0.15) is 26.2 Å². The van der Waals surface area contributed by atoms with Gasteiger partial charge >= 0.3 is 12.0 Å². The first-order chi connectivity index (χ1) is 8.49. The molecule has 0 radical (unpaired) electrons. The average molecular weight is 257 g/mol. The fourth-order valence-electron chi connectivity index (χ4n) is 2.05. The number of amides is 2. The Hall–Kier alpha value is -1.30. The normalized spacial score (nSPS) is 19.2. The first-order valence-corrected chi connectivity index (χ1v) is 6.44. The summed E-state index contributed by atoms with van der Waals surface area (Å²) in [5, 5.41) is 13.7. The molecule has 6 heteroatoms. The number of carbonyl (C=O) groups excluding carboxylic acids is 1. The van der Waals surface area contributed by atoms with Gasteiger partial charge in [-0.1, -0.05) is 0 Å². The van der Waals surface area contributed by atoms with Gasteiger partial charge in [0.25, 0.3) is 0 Å². The van der Waals surface area contributed by atoms with Crippen molar-refractivity contribution in [1.82, 2.24) is 15.5 Å². The van der Waals surface area contributed by atoms with Gasteiger partial charge in [0.2, 0.25) is 0 Å². The molecule has 0 aromatic heterocycles. The van der Waals surface area contributed by atoms with Crippen LogP contribution in [-0.4, -0.2) is 54.7 Å². The third kappa shape index (κ3) is 5.35. The molecule has 1 aliphatic heterocycles. The van der Waals surface area contributed by atoms with Crippen LogP contribution in [-0.2, 0) is 4.79 Å². The van der Waals surface area contributed by atoms with Crippen LogP contribution in [0.25, 0.3) is 0 Å². The largest absolute Gasteiger partial charge is 0.480 e. The average Bonchev–Trinajstić information content (AvgIpc) is 2.31. The lowest BCUT2D eigenvalue weighted by Crippen LogP contribution is -2.45. The third-order valence-corrected chi connectivity index (χ3v) is 3.39. The van der Waals surface area contributed by atoms with Crippen LogP contribution in [0, 0.1) is 5.92 Å². The number of rotatable bonds is 5. The molecule has 18 heavy (non-hydrogen) atoms. The predicted molar refractivity (Wildman–Crippen MR) is 68.5 cm³/mol. The molecule has 0 spiro atoms. The van der Waals surface area contributed by atoms with Gasteiger partial charge in [0.15, 0.2) is 0 Å². The molecule has 0 bridgehead atoms. The van der Waals surface area contributed by atoms with E-state index in [-0.39, 0.29) is 0 Å². The molecule has 1 rings (SSSR count). The summed E-state index contributed by atoms with van der Waals surface area (Å²) in [5.74, 6) is -0.362. The van der Waals surface area contributed by atoms with Crippen LogP contribution < -0.4 is 10.6 Å². The van der Waals surface area contributed by atoms with E-state index in [2.05, 4.69) is 22.6 Å². The van der Waals surface area contributed by atoms with Crippen LogP contribution >= 0.6 is 0 Å². The van der Waals surface area contributed by atoms with Gasteiger partial charge in [-0.05, 0) is 52.2 Å². The van der Waals surface area contributed by atoms with E-state index >= 15 is 0 Å². The molecule has 2 amide bonds. The lowest BCUT2D eigenvalue weighted by Gasteiger charge is -2.28. The first kappa shape index (κ1) is 14.8. The number of carboxylic acids is 1. The van der Waals surface area contributed by atoms with Crippen molar-refractivity contribution >= 4 is 12.0 Å². The molecule has 0 aromatic carbocycles. The summed E-state index contributed by atoms with van der Waals surface area (Å²) in [5.41, 5.74) is 0. The Morgan fingerprint density at radius 1 is 1.39 bits per heavy atom. The van der Waals surface area contributed by atoms with Gasteiger partial charge in [-0.25, -0.2) is 4.79 Å². The van der Waals surface area contributed by atoms with Gasteiger partial charge < -0.3 is 20.6 Å². The summed E-state index contributed by atoms with van der Waals surface area (Å²) in [6.07, 6.45) is 3.30. The van der Waals surface area contributed by atoms with E-state index in [1.165, 1.54) is 19.8 Å². The Morgan fingerprint density at radius 3 is 2.56 bits per heavy atom. The molecule has 1 aliphatic rings. The number of hydrogen-bond acceptors (Lipinski definition) is 3. The van der Waals surface area contributed by atoms with Crippen LogP contribution in [0.2, 0.25) is 0 Å². The van der Waals surface area contributed by atoms with Gasteiger partial charge in [0.05, 0.1) is 0 Å². The number of aliphatic carboxylic acids is 1. The summed E-state index contributed by atoms with van der Waals surface area (Å²) in [7, 11) is 2.12. The predicted octanol–water partition coefficient (Wildman–Crippen LogP) is 0.491. The van der Waals surface area contributed by atoms with Crippen molar-refractivity contribution in [3.05, 3.63) is 0 Å². The summed E-state index contributed by atoms with van der Waals surface area (Å²) >= 11 is 0. The SMILES string of the molecule is C[C@@H](NC(=O)NCCC1CCN(C)CC1)C(=O)O. The summed E-state index contributed by atoms with van der Waals surface area (Å²) in [6, 6.07) is -1.26. The van der Waals surface area contributed by atoms with Crippen molar-refractivity contribution < 1.29 is 14.7 Å². The number of piperidine rings is 1. The molecular formula is C12H23N3O3. The molecule has 104 valence electrons. The number of carbonyl (C=O) groups is 2. The summed E-state index contributed by atoms with van der Waals surface area (Å²) < 4.78 is 0. The van der Waals surface area contributed by atoms with Crippen LogP contribution in [0.3, 0.4) is 0 Å². The minimum atomic E-state index is -1.03. The maximum Gasteiger partial charge on any atom is 0.325 e. The first-order valence-electron chi connectivity index (χ1n) is 6.44. The molecule has 0 aliphatic carbocycles. The standard InChI is InChI=1S/C12H23N3O3/c1-9(11(16)17)14-12(18)13-6-3-10-4-7-15(2)8-5-10/h9-10H,3-8H2,1-2H3,(H,16,17)(H2,13,14,18)/t9-/m1/s1. The smallest absolute Gasteiger partial charge is 0.325 e. The van der Waals surface area contributed by atoms with Gasteiger partial charge in [-0.2, -0.15) is 0 Å². The Kier molecular flexibility index (Phi) is 5.91. The zero-order chi connectivity index (χ0) is 13.5. The Labute approximate surface area is 108 Å². The highest BCUT2D eigenvalue weighted by Gasteiger charge is 2.17. The molecule has 0 aromatic rings. The highest BCUT2D eigenvalue weighted by atomic mass is 16.4. The van der Waals surface area contributed by atoms with E-state index in [1.54, 1.807) is 0 Å². The minimum absolute atomic E-state index is 0.405. The zero-order valence-corrected chi connectivity index (χ0v) is 11.1. The van der Waals surface area contributed by atoms with E-state index in [0.29, 0.717) is 12.5 Å². The van der Waals surface area contributed by atoms with Gasteiger partial charge in [-0.3, -0.25) is 4.79 Å². The van der Waals surface area contributed by atoms with Crippen molar-refractivity contribution in [2.45, 2.75) is 32.2 Å². The fraction of sp³-hybridized carbons (Fsp3) is 0.833. The van der Waals surface area contributed by atoms with Crippen LogP contribution in [0.15, 0.2) is 0 Å². The Morgan fingerprint density at radius 2 is 2.00 bits per heavy atom. The summed E-state index contributed by atoms with van der Waals surface area (Å²) in [4.78, 5) is 24.2. The molecule has 6 nitrogen and oxygen atoms in total. The summed E-state index contributed by atoms with van der Waals surface area (Å²) in [6.45, 7) is 4.28. The number of hydrogen-bond donors (Lipinski definition) is 3. The molecule has 0 saturated carbocycles. The maximum absolute atomic E-state index is 11.4. The van der Waals surface area contributed by atoms with E-state index in [1.807, 2.05) is 0 Å². The molecule has 1 heterocycles. The second-order valence-corrected chi connectivity index (χ2v) is 5.00. The molecule has 0 unspecified atom stereocenters. The van der Waals surface area contributed by atoms with Gasteiger partial charge in [-0.15, -0.1) is 0 Å². The van der Waals surface area contributed by atoms with Crippen molar-refractivity contribution in [3.63, 3.8) is 0 Å². The third-order valence-electron chi connectivity index (χ3n) is 3.39. The Bertz CT molecular complexity index is 288. The quantitative estimate of drug-likeness (QED) is 0.669. The molecule has 1 fully saturated rings. The molecule has 1 atom stereocenters.